The minimum absolute atomic E-state index is 0.0961. The number of hydrogen-bond donors (Lipinski definition) is 1. The van der Waals surface area contributed by atoms with E-state index in [2.05, 4.69) is 4.98 Å². The molecule has 0 saturated carbocycles. The van der Waals surface area contributed by atoms with Crippen LogP contribution in [0.25, 0.3) is 0 Å². The minimum atomic E-state index is -0.808. The fraction of sp³-hybridized carbons (Fsp3) is 0.231. The fourth-order valence-electron chi connectivity index (χ4n) is 1.76. The molecule has 1 aromatic heterocycles. The average molecular weight is 265 g/mol. The van der Waals surface area contributed by atoms with E-state index in [1.807, 2.05) is 28.8 Å². The Morgan fingerprint density at radius 1 is 1.44 bits per heavy atom. The molecule has 0 unspecified atom stereocenters. The van der Waals surface area contributed by atoms with Crippen molar-refractivity contribution in [3.05, 3.63) is 53.1 Å². The van der Waals surface area contributed by atoms with E-state index in [0.717, 1.165) is 11.4 Å². The molecule has 1 N–H and O–H groups in total. The second-order valence-corrected chi connectivity index (χ2v) is 4.42. The topological polar surface area (TPSA) is 55.1 Å². The number of carboxylic acid groups (broad SMARTS) is 1. The van der Waals surface area contributed by atoms with Gasteiger partial charge in [-0.3, -0.25) is 4.79 Å². The SMILES string of the molecule is O=C(O)CCn1ccnc1Cc1cccc(Cl)c1. The third-order valence-electron chi connectivity index (χ3n) is 2.62. The first-order chi connectivity index (χ1) is 8.65. The predicted molar refractivity (Wildman–Crippen MR) is 68.7 cm³/mol. The molecule has 94 valence electrons. The van der Waals surface area contributed by atoms with Gasteiger partial charge in [0, 0.05) is 30.4 Å². The van der Waals surface area contributed by atoms with Crippen LogP contribution in [0.3, 0.4) is 0 Å². The summed E-state index contributed by atoms with van der Waals surface area (Å²) in [5.41, 5.74) is 1.06. The molecule has 0 atom stereocenters. The molecule has 0 saturated heterocycles. The molecular formula is C13H13ClN2O2. The van der Waals surface area contributed by atoms with E-state index in [0.29, 0.717) is 18.0 Å². The second-order valence-electron chi connectivity index (χ2n) is 3.99. The van der Waals surface area contributed by atoms with E-state index in [1.165, 1.54) is 0 Å². The van der Waals surface area contributed by atoms with Crippen LogP contribution in [-0.2, 0) is 17.8 Å². The summed E-state index contributed by atoms with van der Waals surface area (Å²) in [4.78, 5) is 14.8. The van der Waals surface area contributed by atoms with Gasteiger partial charge in [-0.1, -0.05) is 23.7 Å². The molecule has 0 aliphatic heterocycles. The summed E-state index contributed by atoms with van der Waals surface area (Å²) >= 11 is 5.92. The second kappa shape index (κ2) is 5.69. The molecule has 0 amide bonds. The van der Waals surface area contributed by atoms with Crippen LogP contribution in [0.5, 0.6) is 0 Å². The van der Waals surface area contributed by atoms with Crippen molar-refractivity contribution in [3.63, 3.8) is 0 Å². The van der Waals surface area contributed by atoms with Gasteiger partial charge in [-0.25, -0.2) is 4.98 Å². The third kappa shape index (κ3) is 3.34. The highest BCUT2D eigenvalue weighted by Crippen LogP contribution is 2.14. The molecule has 5 heteroatoms. The van der Waals surface area contributed by atoms with Gasteiger partial charge >= 0.3 is 5.97 Å². The summed E-state index contributed by atoms with van der Waals surface area (Å²) in [5.74, 6) is 0.0379. The average Bonchev–Trinajstić information content (AvgIpc) is 2.74. The molecule has 1 heterocycles. The summed E-state index contributed by atoms with van der Waals surface area (Å²) in [6.07, 6.45) is 4.22. The lowest BCUT2D eigenvalue weighted by Gasteiger charge is -2.06. The van der Waals surface area contributed by atoms with E-state index in [-0.39, 0.29) is 6.42 Å². The molecular weight excluding hydrogens is 252 g/mol. The largest absolute Gasteiger partial charge is 0.481 e. The van der Waals surface area contributed by atoms with Gasteiger partial charge < -0.3 is 9.67 Å². The minimum Gasteiger partial charge on any atom is -0.481 e. The Labute approximate surface area is 110 Å². The zero-order chi connectivity index (χ0) is 13.0. The predicted octanol–water partition coefficient (Wildman–Crippen LogP) is 2.60. The number of aliphatic carboxylic acids is 1. The number of carbonyl (C=O) groups is 1. The van der Waals surface area contributed by atoms with Gasteiger partial charge in [-0.2, -0.15) is 0 Å². The first kappa shape index (κ1) is 12.6. The molecule has 0 radical (unpaired) electrons. The Bertz CT molecular complexity index is 551. The zero-order valence-corrected chi connectivity index (χ0v) is 10.5. The number of nitrogens with zero attached hydrogens (tertiary/aromatic N) is 2. The Hall–Kier alpha value is -1.81. The van der Waals surface area contributed by atoms with Gasteiger partial charge in [0.25, 0.3) is 0 Å². The number of carboxylic acids is 1. The van der Waals surface area contributed by atoms with Crippen LogP contribution >= 0.6 is 11.6 Å². The van der Waals surface area contributed by atoms with Crippen molar-refractivity contribution < 1.29 is 9.90 Å². The zero-order valence-electron chi connectivity index (χ0n) is 9.71. The van der Waals surface area contributed by atoms with Crippen LogP contribution in [-0.4, -0.2) is 20.6 Å². The number of aryl methyl sites for hydroxylation is 1. The van der Waals surface area contributed by atoms with Crippen molar-refractivity contribution in [1.29, 1.82) is 0 Å². The van der Waals surface area contributed by atoms with E-state index in [4.69, 9.17) is 16.7 Å². The summed E-state index contributed by atoms with van der Waals surface area (Å²) in [5, 5.41) is 9.37. The number of hydrogen-bond acceptors (Lipinski definition) is 2. The quantitative estimate of drug-likeness (QED) is 0.903. The molecule has 0 spiro atoms. The van der Waals surface area contributed by atoms with Crippen molar-refractivity contribution in [2.75, 3.05) is 0 Å². The van der Waals surface area contributed by atoms with E-state index >= 15 is 0 Å². The molecule has 2 rings (SSSR count). The lowest BCUT2D eigenvalue weighted by molar-refractivity contribution is -0.137. The molecule has 18 heavy (non-hydrogen) atoms. The van der Waals surface area contributed by atoms with Crippen LogP contribution in [0.1, 0.15) is 17.8 Å². The highest BCUT2D eigenvalue weighted by molar-refractivity contribution is 6.30. The summed E-state index contributed by atoms with van der Waals surface area (Å²) in [6, 6.07) is 7.57. The molecule has 4 nitrogen and oxygen atoms in total. The first-order valence-corrected chi connectivity index (χ1v) is 5.99. The van der Waals surface area contributed by atoms with Crippen LogP contribution in [0.4, 0.5) is 0 Å². The number of aromatic nitrogens is 2. The standard InChI is InChI=1S/C13H13ClN2O2/c14-11-3-1-2-10(8-11)9-12-15-5-7-16(12)6-4-13(17)18/h1-3,5,7-8H,4,6,9H2,(H,17,18). The van der Waals surface area contributed by atoms with Crippen LogP contribution < -0.4 is 0 Å². The van der Waals surface area contributed by atoms with Crippen molar-refractivity contribution in [3.8, 4) is 0 Å². The van der Waals surface area contributed by atoms with E-state index in [9.17, 15) is 4.79 Å². The Kier molecular flexibility index (Phi) is 3.99. The van der Waals surface area contributed by atoms with Crippen molar-refractivity contribution in [2.45, 2.75) is 19.4 Å². The van der Waals surface area contributed by atoms with Gasteiger partial charge in [0.2, 0.25) is 0 Å². The van der Waals surface area contributed by atoms with Crippen LogP contribution in [0.15, 0.2) is 36.7 Å². The number of benzene rings is 1. The molecule has 0 aliphatic rings. The van der Waals surface area contributed by atoms with Gasteiger partial charge in [0.1, 0.15) is 5.82 Å². The number of rotatable bonds is 5. The normalized spacial score (nSPS) is 10.5. The summed E-state index contributed by atoms with van der Waals surface area (Å²) in [7, 11) is 0. The van der Waals surface area contributed by atoms with Crippen molar-refractivity contribution in [1.82, 2.24) is 9.55 Å². The number of imidazole rings is 1. The van der Waals surface area contributed by atoms with Crippen LogP contribution in [0, 0.1) is 0 Å². The lowest BCUT2D eigenvalue weighted by atomic mass is 10.1. The Morgan fingerprint density at radius 2 is 2.28 bits per heavy atom. The number of halogens is 1. The van der Waals surface area contributed by atoms with Gasteiger partial charge in [0.05, 0.1) is 6.42 Å². The lowest BCUT2D eigenvalue weighted by Crippen LogP contribution is -2.07. The van der Waals surface area contributed by atoms with Crippen molar-refractivity contribution >= 4 is 17.6 Å². The van der Waals surface area contributed by atoms with E-state index < -0.39 is 5.97 Å². The molecule has 2 aromatic rings. The molecule has 0 fully saturated rings. The molecule has 1 aromatic carbocycles. The van der Waals surface area contributed by atoms with Gasteiger partial charge in [-0.15, -0.1) is 0 Å². The third-order valence-corrected chi connectivity index (χ3v) is 2.85. The highest BCUT2D eigenvalue weighted by Gasteiger charge is 2.06. The Balaban J connectivity index is 2.10. The highest BCUT2D eigenvalue weighted by atomic mass is 35.5. The van der Waals surface area contributed by atoms with E-state index in [1.54, 1.807) is 12.4 Å². The maximum atomic E-state index is 10.6. The first-order valence-electron chi connectivity index (χ1n) is 5.61. The molecule has 0 bridgehead atoms. The summed E-state index contributed by atoms with van der Waals surface area (Å²) < 4.78 is 1.86. The fourth-order valence-corrected chi connectivity index (χ4v) is 1.97. The molecule has 0 aliphatic carbocycles. The maximum absolute atomic E-state index is 10.6. The smallest absolute Gasteiger partial charge is 0.305 e. The maximum Gasteiger partial charge on any atom is 0.305 e. The van der Waals surface area contributed by atoms with Gasteiger partial charge in [-0.05, 0) is 17.7 Å². The Morgan fingerprint density at radius 3 is 3.00 bits per heavy atom. The van der Waals surface area contributed by atoms with Crippen LogP contribution in [0.2, 0.25) is 5.02 Å². The van der Waals surface area contributed by atoms with Gasteiger partial charge in [0.15, 0.2) is 0 Å². The monoisotopic (exact) mass is 264 g/mol. The van der Waals surface area contributed by atoms with Crippen molar-refractivity contribution in [2.24, 2.45) is 0 Å². The summed E-state index contributed by atoms with van der Waals surface area (Å²) in [6.45, 7) is 0.436.